The van der Waals surface area contributed by atoms with Crippen molar-refractivity contribution in [2.75, 3.05) is 11.5 Å². The first kappa shape index (κ1) is 10.2. The molecule has 1 saturated heterocycles. The highest BCUT2D eigenvalue weighted by molar-refractivity contribution is 7.91. The quantitative estimate of drug-likeness (QED) is 0.697. The van der Waals surface area contributed by atoms with Crippen LogP contribution in [-0.2, 0) is 9.84 Å². The fraction of sp³-hybridized carbons (Fsp3) is 0.800. The molecule has 1 N–H and O–H groups in total. The summed E-state index contributed by atoms with van der Waals surface area (Å²) in [6.45, 7) is 0. The van der Waals surface area contributed by atoms with Gasteiger partial charge in [0.25, 0.3) is 0 Å². The maximum absolute atomic E-state index is 11.2. The minimum atomic E-state index is -2.86. The van der Waals surface area contributed by atoms with Gasteiger partial charge in [0.1, 0.15) is 0 Å². The number of sulfone groups is 1. The highest BCUT2D eigenvalue weighted by atomic mass is 32.2. The van der Waals surface area contributed by atoms with Crippen molar-refractivity contribution in [3.63, 3.8) is 0 Å². The molecule has 0 radical (unpaired) electrons. The number of aliphatic hydroxyl groups excluding tert-OH is 1. The second-order valence-electron chi connectivity index (χ2n) is 4.28. The SMILES string of the molecule is O=S1(=O)CCC(C(O)C2=CCCC2)C1. The van der Waals surface area contributed by atoms with Gasteiger partial charge in [0.2, 0.25) is 0 Å². The summed E-state index contributed by atoms with van der Waals surface area (Å²) in [5, 5.41) is 9.95. The molecule has 0 aromatic rings. The van der Waals surface area contributed by atoms with Crippen molar-refractivity contribution in [2.24, 2.45) is 5.92 Å². The van der Waals surface area contributed by atoms with Crippen LogP contribution in [0.4, 0.5) is 0 Å². The van der Waals surface area contributed by atoms with Crippen LogP contribution in [0, 0.1) is 5.92 Å². The van der Waals surface area contributed by atoms with Crippen LogP contribution < -0.4 is 0 Å². The molecule has 2 rings (SSSR count). The molecular formula is C10H16O3S. The Kier molecular flexibility index (Phi) is 2.66. The molecule has 3 nitrogen and oxygen atoms in total. The molecule has 0 aromatic carbocycles. The van der Waals surface area contributed by atoms with Crippen LogP contribution in [0.1, 0.15) is 25.7 Å². The Morgan fingerprint density at radius 2 is 2.29 bits per heavy atom. The Bertz CT molecular complexity index is 342. The molecule has 0 saturated carbocycles. The maximum atomic E-state index is 11.2. The minimum absolute atomic E-state index is 0.0515. The van der Waals surface area contributed by atoms with Crippen LogP contribution in [0.3, 0.4) is 0 Å². The predicted molar refractivity (Wildman–Crippen MR) is 54.7 cm³/mol. The molecule has 1 heterocycles. The van der Waals surface area contributed by atoms with Crippen molar-refractivity contribution < 1.29 is 13.5 Å². The average Bonchev–Trinajstić information content (AvgIpc) is 2.72. The second kappa shape index (κ2) is 3.66. The van der Waals surface area contributed by atoms with E-state index in [0.29, 0.717) is 6.42 Å². The van der Waals surface area contributed by atoms with E-state index < -0.39 is 15.9 Å². The van der Waals surface area contributed by atoms with Crippen LogP contribution >= 0.6 is 0 Å². The summed E-state index contributed by atoms with van der Waals surface area (Å²) < 4.78 is 22.5. The second-order valence-corrected chi connectivity index (χ2v) is 6.51. The van der Waals surface area contributed by atoms with Gasteiger partial charge >= 0.3 is 0 Å². The van der Waals surface area contributed by atoms with Gasteiger partial charge in [-0.15, -0.1) is 0 Å². The molecule has 2 unspecified atom stereocenters. The molecule has 0 spiro atoms. The van der Waals surface area contributed by atoms with Crippen molar-refractivity contribution in [1.29, 1.82) is 0 Å². The third-order valence-electron chi connectivity index (χ3n) is 3.17. The van der Waals surface area contributed by atoms with Crippen molar-refractivity contribution in [1.82, 2.24) is 0 Å². The lowest BCUT2D eigenvalue weighted by Gasteiger charge is -2.17. The standard InChI is InChI=1S/C10H16O3S/c11-10(8-3-1-2-4-8)9-5-6-14(12,13)7-9/h3,9-11H,1-2,4-7H2. The van der Waals surface area contributed by atoms with E-state index >= 15 is 0 Å². The van der Waals surface area contributed by atoms with Crippen LogP contribution in [0.2, 0.25) is 0 Å². The van der Waals surface area contributed by atoms with E-state index in [1.165, 1.54) is 0 Å². The van der Waals surface area contributed by atoms with Crippen molar-refractivity contribution in [3.05, 3.63) is 11.6 Å². The van der Waals surface area contributed by atoms with E-state index in [0.717, 1.165) is 24.8 Å². The van der Waals surface area contributed by atoms with E-state index in [1.54, 1.807) is 0 Å². The summed E-state index contributed by atoms with van der Waals surface area (Å²) in [7, 11) is -2.86. The molecule has 14 heavy (non-hydrogen) atoms. The zero-order valence-corrected chi connectivity index (χ0v) is 8.96. The molecular weight excluding hydrogens is 200 g/mol. The lowest BCUT2D eigenvalue weighted by molar-refractivity contribution is 0.151. The lowest BCUT2D eigenvalue weighted by Crippen LogP contribution is -2.23. The van der Waals surface area contributed by atoms with Gasteiger partial charge in [-0.3, -0.25) is 0 Å². The average molecular weight is 216 g/mol. The zero-order valence-electron chi connectivity index (χ0n) is 8.15. The van der Waals surface area contributed by atoms with E-state index in [-0.39, 0.29) is 17.4 Å². The van der Waals surface area contributed by atoms with Gasteiger partial charge in [-0.25, -0.2) is 8.42 Å². The van der Waals surface area contributed by atoms with Crippen LogP contribution in [-0.4, -0.2) is 31.1 Å². The van der Waals surface area contributed by atoms with E-state index in [1.807, 2.05) is 0 Å². The van der Waals surface area contributed by atoms with Gasteiger partial charge in [0.05, 0.1) is 17.6 Å². The summed E-state index contributed by atoms with van der Waals surface area (Å²) in [4.78, 5) is 0. The van der Waals surface area contributed by atoms with Crippen LogP contribution in [0.5, 0.6) is 0 Å². The van der Waals surface area contributed by atoms with E-state index in [9.17, 15) is 13.5 Å². The van der Waals surface area contributed by atoms with Crippen molar-refractivity contribution in [2.45, 2.75) is 31.8 Å². The Balaban J connectivity index is 2.03. The first-order valence-electron chi connectivity index (χ1n) is 5.16. The Morgan fingerprint density at radius 3 is 2.79 bits per heavy atom. The highest BCUT2D eigenvalue weighted by Gasteiger charge is 2.34. The normalized spacial score (nSPS) is 32.9. The molecule has 1 aliphatic carbocycles. The first-order chi connectivity index (χ1) is 6.58. The van der Waals surface area contributed by atoms with Gasteiger partial charge in [-0.05, 0) is 31.3 Å². The molecule has 2 atom stereocenters. The molecule has 2 aliphatic rings. The number of hydrogen-bond acceptors (Lipinski definition) is 3. The number of hydrogen-bond donors (Lipinski definition) is 1. The molecule has 0 amide bonds. The van der Waals surface area contributed by atoms with E-state index in [4.69, 9.17) is 0 Å². The van der Waals surface area contributed by atoms with Crippen molar-refractivity contribution >= 4 is 9.84 Å². The third kappa shape index (κ3) is 2.01. The van der Waals surface area contributed by atoms with Gasteiger partial charge in [-0.1, -0.05) is 6.08 Å². The summed E-state index contributed by atoms with van der Waals surface area (Å²) in [6, 6.07) is 0. The van der Waals surface area contributed by atoms with Crippen LogP contribution in [0.15, 0.2) is 11.6 Å². The fourth-order valence-electron chi connectivity index (χ4n) is 2.34. The molecule has 4 heteroatoms. The zero-order chi connectivity index (χ0) is 10.2. The van der Waals surface area contributed by atoms with Crippen LogP contribution in [0.25, 0.3) is 0 Å². The smallest absolute Gasteiger partial charge is 0.150 e. The fourth-order valence-corrected chi connectivity index (χ4v) is 4.17. The predicted octanol–water partition coefficient (Wildman–Crippen LogP) is 0.892. The molecule has 1 fully saturated rings. The Hall–Kier alpha value is -0.350. The largest absolute Gasteiger partial charge is 0.388 e. The van der Waals surface area contributed by atoms with Gasteiger partial charge < -0.3 is 5.11 Å². The number of rotatable bonds is 2. The van der Waals surface area contributed by atoms with E-state index in [2.05, 4.69) is 6.08 Å². The number of allylic oxidation sites excluding steroid dienone is 1. The van der Waals surface area contributed by atoms with Gasteiger partial charge in [0.15, 0.2) is 9.84 Å². The number of aliphatic hydroxyl groups is 1. The molecule has 80 valence electrons. The van der Waals surface area contributed by atoms with Crippen molar-refractivity contribution in [3.8, 4) is 0 Å². The molecule has 0 aromatic heterocycles. The minimum Gasteiger partial charge on any atom is -0.388 e. The molecule has 0 bridgehead atoms. The topological polar surface area (TPSA) is 54.4 Å². The maximum Gasteiger partial charge on any atom is 0.150 e. The summed E-state index contributed by atoms with van der Waals surface area (Å²) in [5.74, 6) is 0.373. The molecule has 1 aliphatic heterocycles. The summed E-state index contributed by atoms with van der Waals surface area (Å²) in [5.41, 5.74) is 1.06. The monoisotopic (exact) mass is 216 g/mol. The van der Waals surface area contributed by atoms with Gasteiger partial charge in [0, 0.05) is 5.92 Å². The Morgan fingerprint density at radius 1 is 1.50 bits per heavy atom. The summed E-state index contributed by atoms with van der Waals surface area (Å²) >= 11 is 0. The van der Waals surface area contributed by atoms with Gasteiger partial charge in [-0.2, -0.15) is 0 Å². The Labute approximate surface area is 84.7 Å². The highest BCUT2D eigenvalue weighted by Crippen LogP contribution is 2.30. The summed E-state index contributed by atoms with van der Waals surface area (Å²) in [6.07, 6.45) is 5.26. The lowest BCUT2D eigenvalue weighted by atomic mass is 9.95. The third-order valence-corrected chi connectivity index (χ3v) is 4.96. The first-order valence-corrected chi connectivity index (χ1v) is 6.98.